The largest absolute Gasteiger partial charge is 0.310 e. The summed E-state index contributed by atoms with van der Waals surface area (Å²) in [6.45, 7) is 2.49. The summed E-state index contributed by atoms with van der Waals surface area (Å²) in [7, 11) is 0. The highest BCUT2D eigenvalue weighted by Gasteiger charge is 2.24. The van der Waals surface area contributed by atoms with Crippen LogP contribution in [0.25, 0.3) is 10.4 Å². The Labute approximate surface area is 185 Å². The number of rotatable bonds is 4. The number of aromatic nitrogens is 2. The summed E-state index contributed by atoms with van der Waals surface area (Å²) in [5.74, 6) is 1.37. The van der Waals surface area contributed by atoms with Gasteiger partial charge in [0.1, 0.15) is 5.82 Å². The number of nitrogens with zero attached hydrogens (tertiary/aromatic N) is 2. The Morgan fingerprint density at radius 2 is 1.90 bits per heavy atom. The molecule has 6 heteroatoms. The number of aromatic amines is 1. The maximum atomic E-state index is 12.8. The molecule has 0 amide bonds. The predicted octanol–water partition coefficient (Wildman–Crippen LogP) is 5.76. The van der Waals surface area contributed by atoms with Crippen LogP contribution in [0.5, 0.6) is 0 Å². The van der Waals surface area contributed by atoms with Gasteiger partial charge in [0.15, 0.2) is 0 Å². The minimum atomic E-state index is 0.0679. The van der Waals surface area contributed by atoms with Crippen molar-refractivity contribution in [2.75, 3.05) is 6.54 Å². The van der Waals surface area contributed by atoms with Crippen molar-refractivity contribution < 1.29 is 0 Å². The van der Waals surface area contributed by atoms with Crippen molar-refractivity contribution in [3.63, 3.8) is 0 Å². The molecule has 1 aliphatic carbocycles. The van der Waals surface area contributed by atoms with Crippen molar-refractivity contribution in [3.05, 3.63) is 73.7 Å². The fourth-order valence-corrected chi connectivity index (χ4v) is 5.84. The Hall–Kier alpha value is -1.95. The van der Waals surface area contributed by atoms with Gasteiger partial charge in [-0.25, -0.2) is 4.98 Å². The summed E-state index contributed by atoms with van der Waals surface area (Å²) in [5, 5.41) is 0.757. The Morgan fingerprint density at radius 3 is 2.70 bits per heavy atom. The molecule has 156 valence electrons. The summed E-state index contributed by atoms with van der Waals surface area (Å²) >= 11 is 7.81. The molecule has 5 rings (SSSR count). The summed E-state index contributed by atoms with van der Waals surface area (Å²) in [5.41, 5.74) is 3.13. The fourth-order valence-electron chi connectivity index (χ4n) is 4.66. The van der Waals surface area contributed by atoms with Gasteiger partial charge in [0.05, 0.1) is 11.3 Å². The molecular weight excluding hydrogens is 414 g/mol. The maximum absolute atomic E-state index is 12.8. The molecule has 3 heterocycles. The molecule has 0 unspecified atom stereocenters. The first kappa shape index (κ1) is 20.0. The lowest BCUT2D eigenvalue weighted by Crippen LogP contribution is -2.36. The Kier molecular flexibility index (Phi) is 5.77. The third kappa shape index (κ3) is 4.25. The predicted molar refractivity (Wildman–Crippen MR) is 123 cm³/mol. The van der Waals surface area contributed by atoms with E-state index in [-0.39, 0.29) is 5.56 Å². The highest BCUT2D eigenvalue weighted by Crippen LogP contribution is 2.32. The first-order chi connectivity index (χ1) is 14.7. The molecule has 3 aromatic rings. The lowest BCUT2D eigenvalue weighted by Gasteiger charge is -2.28. The van der Waals surface area contributed by atoms with Gasteiger partial charge in [-0.2, -0.15) is 0 Å². The van der Waals surface area contributed by atoms with Crippen LogP contribution < -0.4 is 5.56 Å². The van der Waals surface area contributed by atoms with Crippen LogP contribution in [0.3, 0.4) is 0 Å². The van der Waals surface area contributed by atoms with E-state index in [0.717, 1.165) is 54.5 Å². The van der Waals surface area contributed by atoms with E-state index in [9.17, 15) is 4.79 Å². The monoisotopic (exact) mass is 439 g/mol. The van der Waals surface area contributed by atoms with Gasteiger partial charge in [0.2, 0.25) is 0 Å². The molecule has 1 fully saturated rings. The summed E-state index contributed by atoms with van der Waals surface area (Å²) in [4.78, 5) is 25.7. The molecule has 1 saturated carbocycles. The average molecular weight is 440 g/mol. The molecular formula is C24H26ClN3OS. The molecule has 0 atom stereocenters. The average Bonchev–Trinajstić information content (AvgIpc) is 3.23. The van der Waals surface area contributed by atoms with Crippen molar-refractivity contribution in [2.24, 2.45) is 0 Å². The molecule has 2 aliphatic rings. The van der Waals surface area contributed by atoms with E-state index in [0.29, 0.717) is 12.5 Å². The van der Waals surface area contributed by atoms with E-state index in [1.165, 1.54) is 34.6 Å². The number of nitrogens with one attached hydrogen (secondary N) is 1. The first-order valence-electron chi connectivity index (χ1n) is 10.8. The zero-order chi connectivity index (χ0) is 20.5. The molecule has 0 saturated heterocycles. The number of thiophene rings is 1. The highest BCUT2D eigenvalue weighted by atomic mass is 35.5. The van der Waals surface area contributed by atoms with Crippen LogP contribution >= 0.6 is 22.9 Å². The van der Waals surface area contributed by atoms with Gasteiger partial charge in [-0.1, -0.05) is 43.0 Å². The molecule has 1 aromatic carbocycles. The van der Waals surface area contributed by atoms with Crippen LogP contribution in [-0.4, -0.2) is 21.4 Å². The van der Waals surface area contributed by atoms with E-state index >= 15 is 0 Å². The van der Waals surface area contributed by atoms with E-state index in [1.54, 1.807) is 11.3 Å². The van der Waals surface area contributed by atoms with E-state index in [4.69, 9.17) is 16.6 Å². The zero-order valence-electron chi connectivity index (χ0n) is 17.0. The quantitative estimate of drug-likeness (QED) is 0.562. The minimum absolute atomic E-state index is 0.0679. The third-order valence-electron chi connectivity index (χ3n) is 6.33. The molecule has 0 radical (unpaired) electrons. The number of H-pyrrole nitrogens is 1. The van der Waals surface area contributed by atoms with Crippen LogP contribution in [0.15, 0.2) is 41.2 Å². The highest BCUT2D eigenvalue weighted by molar-refractivity contribution is 7.15. The first-order valence-corrected chi connectivity index (χ1v) is 12.0. The summed E-state index contributed by atoms with van der Waals surface area (Å²) in [6.07, 6.45) is 6.97. The lowest BCUT2D eigenvalue weighted by atomic mass is 9.88. The smallest absolute Gasteiger partial charge is 0.255 e. The van der Waals surface area contributed by atoms with Gasteiger partial charge in [0, 0.05) is 46.7 Å². The van der Waals surface area contributed by atoms with Gasteiger partial charge in [0.25, 0.3) is 5.56 Å². The Bertz CT molecular complexity index is 1080. The van der Waals surface area contributed by atoms with E-state index in [2.05, 4.69) is 34.1 Å². The van der Waals surface area contributed by atoms with E-state index in [1.807, 2.05) is 12.1 Å². The second-order valence-electron chi connectivity index (χ2n) is 8.44. The third-order valence-corrected chi connectivity index (χ3v) is 7.70. The zero-order valence-corrected chi connectivity index (χ0v) is 18.6. The normalized spacial score (nSPS) is 17.8. The molecule has 1 N–H and O–H groups in total. The number of hydrogen-bond acceptors (Lipinski definition) is 4. The number of hydrogen-bond donors (Lipinski definition) is 1. The van der Waals surface area contributed by atoms with Crippen LogP contribution in [-0.2, 0) is 19.5 Å². The SMILES string of the molecule is O=c1[nH]c(C2CCCCC2)nc2c1CN(Cc1ccc(-c3ccc(Cl)cc3)s1)CC2. The molecule has 0 bridgehead atoms. The van der Waals surface area contributed by atoms with Crippen molar-refractivity contribution in [3.8, 4) is 10.4 Å². The fraction of sp³-hybridized carbons (Fsp3) is 0.417. The number of benzene rings is 1. The standard InChI is InChI=1S/C24H26ClN3OS/c25-18-8-6-16(7-9-18)22-11-10-19(30-22)14-28-13-12-21-20(15-28)24(29)27-23(26-21)17-4-2-1-3-5-17/h6-11,17H,1-5,12-15H2,(H,26,27,29). The molecule has 2 aromatic heterocycles. The van der Waals surface area contributed by atoms with Crippen LogP contribution in [0, 0.1) is 0 Å². The second kappa shape index (κ2) is 8.66. The topological polar surface area (TPSA) is 49.0 Å². The Balaban J connectivity index is 1.29. The molecule has 4 nitrogen and oxygen atoms in total. The summed E-state index contributed by atoms with van der Waals surface area (Å²) in [6, 6.07) is 12.3. The number of fused-ring (bicyclic) bond motifs is 1. The lowest BCUT2D eigenvalue weighted by molar-refractivity contribution is 0.243. The van der Waals surface area contributed by atoms with Crippen molar-refractivity contribution in [1.82, 2.24) is 14.9 Å². The van der Waals surface area contributed by atoms with Gasteiger partial charge in [-0.05, 0) is 42.7 Å². The van der Waals surface area contributed by atoms with Gasteiger partial charge < -0.3 is 4.98 Å². The van der Waals surface area contributed by atoms with Crippen molar-refractivity contribution >= 4 is 22.9 Å². The van der Waals surface area contributed by atoms with Gasteiger partial charge in [-0.15, -0.1) is 11.3 Å². The Morgan fingerprint density at radius 1 is 1.10 bits per heavy atom. The van der Waals surface area contributed by atoms with Gasteiger partial charge in [-0.3, -0.25) is 9.69 Å². The number of halogens is 1. The molecule has 0 spiro atoms. The summed E-state index contributed by atoms with van der Waals surface area (Å²) < 4.78 is 0. The van der Waals surface area contributed by atoms with Crippen LogP contribution in [0.1, 0.15) is 60.0 Å². The van der Waals surface area contributed by atoms with E-state index < -0.39 is 0 Å². The minimum Gasteiger partial charge on any atom is -0.310 e. The molecule has 1 aliphatic heterocycles. The maximum Gasteiger partial charge on any atom is 0.255 e. The van der Waals surface area contributed by atoms with Crippen LogP contribution in [0.4, 0.5) is 0 Å². The van der Waals surface area contributed by atoms with Gasteiger partial charge >= 0.3 is 0 Å². The van der Waals surface area contributed by atoms with Crippen molar-refractivity contribution in [1.29, 1.82) is 0 Å². The second-order valence-corrected chi connectivity index (χ2v) is 10.0. The van der Waals surface area contributed by atoms with Crippen molar-refractivity contribution in [2.45, 2.75) is 57.5 Å². The van der Waals surface area contributed by atoms with Crippen LogP contribution in [0.2, 0.25) is 5.02 Å². The molecule has 30 heavy (non-hydrogen) atoms.